The normalized spacial score (nSPS) is 10.5. The zero-order valence-corrected chi connectivity index (χ0v) is 7.91. The smallest absolute Gasteiger partial charge is 0.357 e. The van der Waals surface area contributed by atoms with Crippen molar-refractivity contribution in [2.75, 3.05) is 6.61 Å². The standard InChI is InChI=1S/C8H8N4O3/c1-2-15-7(14)5-3-6(13)12-4-9-11-8(12)10-5/h3-4,13H,2H2,1H3. The molecule has 0 aliphatic rings. The van der Waals surface area contributed by atoms with Gasteiger partial charge in [-0.1, -0.05) is 0 Å². The summed E-state index contributed by atoms with van der Waals surface area (Å²) in [7, 11) is 0. The Morgan fingerprint density at radius 3 is 3.20 bits per heavy atom. The average molecular weight is 208 g/mol. The predicted molar refractivity (Wildman–Crippen MR) is 48.4 cm³/mol. The van der Waals surface area contributed by atoms with E-state index in [1.54, 1.807) is 6.92 Å². The molecule has 2 aromatic heterocycles. The Morgan fingerprint density at radius 1 is 1.67 bits per heavy atom. The van der Waals surface area contributed by atoms with Crippen LogP contribution in [0.1, 0.15) is 17.4 Å². The first kappa shape index (κ1) is 9.38. The number of carbonyl (C=O) groups excluding carboxylic acids is 1. The molecule has 7 heteroatoms. The quantitative estimate of drug-likeness (QED) is 0.699. The van der Waals surface area contributed by atoms with E-state index in [0.29, 0.717) is 0 Å². The molecule has 2 rings (SSSR count). The summed E-state index contributed by atoms with van der Waals surface area (Å²) in [5, 5.41) is 16.7. The van der Waals surface area contributed by atoms with Gasteiger partial charge in [-0.2, -0.15) is 0 Å². The largest absolute Gasteiger partial charge is 0.494 e. The number of aromatic hydroxyl groups is 1. The molecule has 1 N–H and O–H groups in total. The van der Waals surface area contributed by atoms with E-state index in [1.165, 1.54) is 16.8 Å². The second kappa shape index (κ2) is 3.52. The molecule has 0 spiro atoms. The Labute approximate surface area is 84.3 Å². The highest BCUT2D eigenvalue weighted by Crippen LogP contribution is 2.12. The van der Waals surface area contributed by atoms with Gasteiger partial charge in [0, 0.05) is 6.07 Å². The topological polar surface area (TPSA) is 89.6 Å². The number of rotatable bonds is 2. The minimum Gasteiger partial charge on any atom is -0.494 e. The van der Waals surface area contributed by atoms with Gasteiger partial charge in [0.2, 0.25) is 5.88 Å². The van der Waals surface area contributed by atoms with Gasteiger partial charge in [0.15, 0.2) is 5.69 Å². The van der Waals surface area contributed by atoms with Crippen LogP contribution in [-0.2, 0) is 4.74 Å². The van der Waals surface area contributed by atoms with Gasteiger partial charge in [0.1, 0.15) is 6.33 Å². The third kappa shape index (κ3) is 1.58. The molecule has 7 nitrogen and oxygen atoms in total. The van der Waals surface area contributed by atoms with Crippen molar-refractivity contribution in [3.05, 3.63) is 18.1 Å². The number of aromatic nitrogens is 4. The second-order valence-electron chi connectivity index (χ2n) is 2.72. The monoisotopic (exact) mass is 208 g/mol. The number of hydrogen-bond donors (Lipinski definition) is 1. The van der Waals surface area contributed by atoms with Crippen molar-refractivity contribution in [3.8, 4) is 5.88 Å². The van der Waals surface area contributed by atoms with Crippen molar-refractivity contribution in [2.24, 2.45) is 0 Å². The molecule has 0 aromatic carbocycles. The maximum atomic E-state index is 11.3. The first-order valence-corrected chi connectivity index (χ1v) is 4.29. The summed E-state index contributed by atoms with van der Waals surface area (Å²) in [6.07, 6.45) is 1.30. The van der Waals surface area contributed by atoms with E-state index in [0.717, 1.165) is 0 Å². The number of carbonyl (C=O) groups is 1. The Kier molecular flexibility index (Phi) is 2.20. The molecule has 0 atom stereocenters. The van der Waals surface area contributed by atoms with Crippen LogP contribution in [0.15, 0.2) is 12.4 Å². The average Bonchev–Trinajstić information content (AvgIpc) is 2.66. The van der Waals surface area contributed by atoms with Crippen molar-refractivity contribution in [2.45, 2.75) is 6.92 Å². The van der Waals surface area contributed by atoms with Crippen LogP contribution >= 0.6 is 0 Å². The molecule has 0 radical (unpaired) electrons. The summed E-state index contributed by atoms with van der Waals surface area (Å²) >= 11 is 0. The van der Waals surface area contributed by atoms with E-state index in [1.807, 2.05) is 0 Å². The summed E-state index contributed by atoms with van der Waals surface area (Å²) in [4.78, 5) is 15.2. The zero-order valence-electron chi connectivity index (χ0n) is 7.91. The van der Waals surface area contributed by atoms with Crippen molar-refractivity contribution in [1.29, 1.82) is 0 Å². The summed E-state index contributed by atoms with van der Waals surface area (Å²) in [6, 6.07) is 1.20. The fraction of sp³-hybridized carbons (Fsp3) is 0.250. The Bertz CT molecular complexity index is 508. The number of fused-ring (bicyclic) bond motifs is 1. The van der Waals surface area contributed by atoms with Gasteiger partial charge in [-0.05, 0) is 6.92 Å². The number of nitrogens with zero attached hydrogens (tertiary/aromatic N) is 4. The van der Waals surface area contributed by atoms with Crippen LogP contribution in [0.4, 0.5) is 0 Å². The third-order valence-electron chi connectivity index (χ3n) is 1.75. The van der Waals surface area contributed by atoms with Gasteiger partial charge in [-0.15, -0.1) is 10.2 Å². The molecule has 0 saturated carbocycles. The lowest BCUT2D eigenvalue weighted by Crippen LogP contribution is -2.08. The first-order valence-electron chi connectivity index (χ1n) is 4.29. The first-order chi connectivity index (χ1) is 7.22. The minimum atomic E-state index is -0.599. The maximum Gasteiger partial charge on any atom is 0.357 e. The van der Waals surface area contributed by atoms with Gasteiger partial charge in [-0.25, -0.2) is 14.2 Å². The predicted octanol–water partition coefficient (Wildman–Crippen LogP) is 0.00660. The summed E-state index contributed by atoms with van der Waals surface area (Å²) in [6.45, 7) is 1.94. The minimum absolute atomic E-state index is 0.00912. The molecule has 0 bridgehead atoms. The van der Waals surface area contributed by atoms with Crippen LogP contribution in [0, 0.1) is 0 Å². The van der Waals surface area contributed by atoms with Crippen molar-refractivity contribution < 1.29 is 14.6 Å². The van der Waals surface area contributed by atoms with Crippen LogP contribution in [0.2, 0.25) is 0 Å². The summed E-state index contributed by atoms with van der Waals surface area (Å²) in [5.74, 6) is -0.607. The molecular formula is C8H8N4O3. The molecule has 0 aliphatic carbocycles. The van der Waals surface area contributed by atoms with Gasteiger partial charge in [0.05, 0.1) is 6.61 Å². The fourth-order valence-electron chi connectivity index (χ4n) is 1.11. The highest BCUT2D eigenvalue weighted by atomic mass is 16.5. The molecule has 0 unspecified atom stereocenters. The molecule has 15 heavy (non-hydrogen) atoms. The van der Waals surface area contributed by atoms with Gasteiger partial charge in [0.25, 0.3) is 5.78 Å². The molecule has 0 amide bonds. The van der Waals surface area contributed by atoms with E-state index in [9.17, 15) is 9.90 Å². The molecule has 0 fully saturated rings. The van der Waals surface area contributed by atoms with E-state index in [-0.39, 0.29) is 24.0 Å². The Morgan fingerprint density at radius 2 is 2.47 bits per heavy atom. The van der Waals surface area contributed by atoms with Crippen LogP contribution in [0.25, 0.3) is 5.78 Å². The number of ether oxygens (including phenoxy) is 1. The lowest BCUT2D eigenvalue weighted by molar-refractivity contribution is 0.0519. The molecule has 2 aromatic rings. The lowest BCUT2D eigenvalue weighted by atomic mass is 10.4. The summed E-state index contributed by atoms with van der Waals surface area (Å²) in [5.41, 5.74) is 0.00912. The number of esters is 1. The van der Waals surface area contributed by atoms with Crippen molar-refractivity contribution in [3.63, 3.8) is 0 Å². The summed E-state index contributed by atoms with van der Waals surface area (Å²) < 4.78 is 5.99. The SMILES string of the molecule is CCOC(=O)c1cc(O)n2cnnc2n1. The van der Waals surface area contributed by atoms with Gasteiger partial charge >= 0.3 is 5.97 Å². The van der Waals surface area contributed by atoms with Crippen LogP contribution in [-0.4, -0.2) is 37.3 Å². The van der Waals surface area contributed by atoms with Gasteiger partial charge < -0.3 is 9.84 Å². The maximum absolute atomic E-state index is 11.3. The van der Waals surface area contributed by atoms with E-state index in [4.69, 9.17) is 4.74 Å². The lowest BCUT2D eigenvalue weighted by Gasteiger charge is -2.02. The van der Waals surface area contributed by atoms with Crippen molar-refractivity contribution in [1.82, 2.24) is 19.6 Å². The van der Waals surface area contributed by atoms with Gasteiger partial charge in [-0.3, -0.25) is 0 Å². The van der Waals surface area contributed by atoms with E-state index in [2.05, 4.69) is 15.2 Å². The zero-order chi connectivity index (χ0) is 10.8. The molecule has 0 aliphatic heterocycles. The van der Waals surface area contributed by atoms with Crippen LogP contribution < -0.4 is 0 Å². The second-order valence-corrected chi connectivity index (χ2v) is 2.72. The van der Waals surface area contributed by atoms with Crippen LogP contribution in [0.5, 0.6) is 5.88 Å². The molecule has 2 heterocycles. The molecular weight excluding hydrogens is 200 g/mol. The Balaban J connectivity index is 2.49. The molecule has 78 valence electrons. The van der Waals surface area contributed by atoms with Crippen LogP contribution in [0.3, 0.4) is 0 Å². The highest BCUT2D eigenvalue weighted by Gasteiger charge is 2.13. The van der Waals surface area contributed by atoms with Crippen molar-refractivity contribution >= 4 is 11.7 Å². The third-order valence-corrected chi connectivity index (χ3v) is 1.75. The Hall–Kier alpha value is -2.18. The fourth-order valence-corrected chi connectivity index (χ4v) is 1.11. The molecule has 0 saturated heterocycles. The number of hydrogen-bond acceptors (Lipinski definition) is 6. The van der Waals surface area contributed by atoms with E-state index < -0.39 is 5.97 Å². The van der Waals surface area contributed by atoms with E-state index >= 15 is 0 Å². The highest BCUT2D eigenvalue weighted by molar-refractivity contribution is 5.88.